The molecule has 0 spiro atoms. The van der Waals surface area contributed by atoms with Crippen molar-refractivity contribution in [2.75, 3.05) is 0 Å². The van der Waals surface area contributed by atoms with Gasteiger partial charge in [0.15, 0.2) is 12.4 Å². The minimum Gasteiger partial charge on any atom is -0.0902 e. The molecular weight excluding hydrogens is 110 g/mol. The smallest absolute Gasteiger partial charge is 0.0902 e. The van der Waals surface area contributed by atoms with E-state index in [0.717, 1.165) is 0 Å². The monoisotopic (exact) mass is 114 g/mol. The molecule has 0 radical (unpaired) electrons. The lowest BCUT2D eigenvalue weighted by atomic mass is 10.5. The topological polar surface area (TPSA) is 3.88 Å². The summed E-state index contributed by atoms with van der Waals surface area (Å²) in [7, 11) is 0. The third-order valence-electron chi connectivity index (χ3n) is 0.679. The Morgan fingerprint density at radius 2 is 1.57 bits per heavy atom. The average Bonchev–Trinajstić information content (AvgIpc) is 1.69. The van der Waals surface area contributed by atoms with E-state index in [1.54, 1.807) is 12.4 Å². The summed E-state index contributed by atoms with van der Waals surface area (Å²) in [6, 6.07) is 5.65. The first-order chi connectivity index (χ1) is 3.39. The highest BCUT2D eigenvalue weighted by Crippen LogP contribution is 1.75. The summed E-state index contributed by atoms with van der Waals surface area (Å²) in [5.41, 5.74) is 0. The van der Waals surface area contributed by atoms with Crippen LogP contribution in [-0.4, -0.2) is 0 Å². The van der Waals surface area contributed by atoms with Gasteiger partial charge in [0.05, 0.1) is 0 Å². The highest BCUT2D eigenvalue weighted by molar-refractivity contribution is 6.04. The Morgan fingerprint density at radius 1 is 1.00 bits per heavy atom. The normalized spacial score (nSPS) is 8.71. The Hall–Kier alpha value is -0.560. The molecule has 0 N–H and O–H groups in total. The second-order valence-corrected chi connectivity index (χ2v) is 1.61. The predicted molar refractivity (Wildman–Crippen MR) is 27.9 cm³/mol. The van der Waals surface area contributed by atoms with Gasteiger partial charge >= 0.3 is 0 Å². The SMILES string of the molecule is Cl[n+]1ccccc1. The van der Waals surface area contributed by atoms with Crippen molar-refractivity contribution in [1.29, 1.82) is 0 Å². The third kappa shape index (κ3) is 1.16. The van der Waals surface area contributed by atoms with Crippen LogP contribution < -0.4 is 4.09 Å². The van der Waals surface area contributed by atoms with Gasteiger partial charge in [0.25, 0.3) is 11.8 Å². The molecule has 7 heavy (non-hydrogen) atoms. The van der Waals surface area contributed by atoms with Crippen LogP contribution in [0.2, 0.25) is 0 Å². The molecule has 1 heterocycles. The Labute approximate surface area is 47.3 Å². The van der Waals surface area contributed by atoms with E-state index < -0.39 is 0 Å². The van der Waals surface area contributed by atoms with Crippen LogP contribution in [0.4, 0.5) is 0 Å². The van der Waals surface area contributed by atoms with Crippen molar-refractivity contribution in [3.05, 3.63) is 30.6 Å². The molecule has 0 unspecified atom stereocenters. The number of pyridine rings is 1. The Bertz CT molecular complexity index is 138. The van der Waals surface area contributed by atoms with E-state index >= 15 is 0 Å². The number of rotatable bonds is 0. The van der Waals surface area contributed by atoms with Crippen molar-refractivity contribution in [2.24, 2.45) is 0 Å². The van der Waals surface area contributed by atoms with E-state index in [-0.39, 0.29) is 0 Å². The zero-order chi connectivity index (χ0) is 5.11. The third-order valence-corrected chi connectivity index (χ3v) is 0.905. The molecule has 0 aromatic carbocycles. The summed E-state index contributed by atoms with van der Waals surface area (Å²) < 4.78 is 1.47. The fourth-order valence-corrected chi connectivity index (χ4v) is 0.508. The first-order valence-corrected chi connectivity index (χ1v) is 2.36. The van der Waals surface area contributed by atoms with E-state index in [1.807, 2.05) is 18.2 Å². The maximum absolute atomic E-state index is 5.46. The van der Waals surface area contributed by atoms with Gasteiger partial charge in [-0.3, -0.25) is 0 Å². The van der Waals surface area contributed by atoms with E-state index in [9.17, 15) is 0 Å². The predicted octanol–water partition coefficient (Wildman–Crippen LogP) is 0.976. The van der Waals surface area contributed by atoms with Crippen LogP contribution in [0.25, 0.3) is 0 Å². The van der Waals surface area contributed by atoms with Crippen molar-refractivity contribution in [3.8, 4) is 0 Å². The first-order valence-electron chi connectivity index (χ1n) is 2.02. The van der Waals surface area contributed by atoms with Crippen LogP contribution in [0.5, 0.6) is 0 Å². The van der Waals surface area contributed by atoms with Gasteiger partial charge in [-0.05, 0) is 0 Å². The fourth-order valence-electron chi connectivity index (χ4n) is 0.378. The second kappa shape index (κ2) is 1.94. The van der Waals surface area contributed by atoms with Crippen molar-refractivity contribution >= 4 is 11.8 Å². The zero-order valence-electron chi connectivity index (χ0n) is 3.71. The van der Waals surface area contributed by atoms with E-state index in [4.69, 9.17) is 11.8 Å². The molecule has 1 rings (SSSR count). The van der Waals surface area contributed by atoms with Gasteiger partial charge < -0.3 is 0 Å². The lowest BCUT2D eigenvalue weighted by Crippen LogP contribution is -2.16. The Balaban J connectivity index is 3.02. The minimum atomic E-state index is 1.47. The number of hydrogen-bond donors (Lipinski definition) is 0. The van der Waals surface area contributed by atoms with Crippen LogP contribution in [0, 0.1) is 0 Å². The van der Waals surface area contributed by atoms with Gasteiger partial charge in [0.1, 0.15) is 0 Å². The van der Waals surface area contributed by atoms with Gasteiger partial charge in [-0.25, -0.2) is 0 Å². The van der Waals surface area contributed by atoms with Gasteiger partial charge in [-0.15, -0.1) is 0 Å². The summed E-state index contributed by atoms with van der Waals surface area (Å²) in [4.78, 5) is 0. The maximum atomic E-state index is 5.46. The number of hydrogen-bond acceptors (Lipinski definition) is 0. The van der Waals surface area contributed by atoms with Crippen LogP contribution in [0.3, 0.4) is 0 Å². The molecule has 0 saturated heterocycles. The van der Waals surface area contributed by atoms with Crippen molar-refractivity contribution < 1.29 is 4.09 Å². The number of aromatic nitrogens is 1. The average molecular weight is 115 g/mol. The van der Waals surface area contributed by atoms with Crippen LogP contribution in [0.15, 0.2) is 30.6 Å². The van der Waals surface area contributed by atoms with E-state index in [2.05, 4.69) is 0 Å². The standard InChI is InChI=1S/C5H5ClN/c6-7-4-2-1-3-5-7/h1-5H/q+1. The van der Waals surface area contributed by atoms with Crippen LogP contribution in [0.1, 0.15) is 0 Å². The van der Waals surface area contributed by atoms with Crippen LogP contribution >= 0.6 is 11.8 Å². The lowest BCUT2D eigenvalue weighted by Gasteiger charge is -1.72. The maximum Gasteiger partial charge on any atom is 0.267 e. The van der Waals surface area contributed by atoms with Gasteiger partial charge in [-0.1, -0.05) is 10.2 Å². The molecule has 1 aromatic heterocycles. The van der Waals surface area contributed by atoms with Crippen molar-refractivity contribution in [2.45, 2.75) is 0 Å². The molecule has 2 heteroatoms. The van der Waals surface area contributed by atoms with E-state index in [1.165, 1.54) is 4.09 Å². The molecule has 1 aromatic rings. The molecule has 36 valence electrons. The Kier molecular flexibility index (Phi) is 1.27. The molecule has 0 aliphatic rings. The summed E-state index contributed by atoms with van der Waals surface area (Å²) in [6.45, 7) is 0. The molecule has 0 bridgehead atoms. The Morgan fingerprint density at radius 3 is 1.86 bits per heavy atom. The highest BCUT2D eigenvalue weighted by atomic mass is 35.5. The molecule has 0 aliphatic heterocycles. The molecule has 1 nitrogen and oxygen atoms in total. The summed E-state index contributed by atoms with van der Waals surface area (Å²) in [5.74, 6) is 0. The minimum absolute atomic E-state index is 1.47. The van der Waals surface area contributed by atoms with Crippen LogP contribution in [-0.2, 0) is 0 Å². The molecular formula is C5H5ClN+. The fraction of sp³-hybridized carbons (Fsp3) is 0. The zero-order valence-corrected chi connectivity index (χ0v) is 4.47. The van der Waals surface area contributed by atoms with Crippen molar-refractivity contribution in [3.63, 3.8) is 0 Å². The van der Waals surface area contributed by atoms with E-state index in [0.29, 0.717) is 0 Å². The molecule has 0 amide bonds. The summed E-state index contributed by atoms with van der Waals surface area (Å²) >= 11 is 5.46. The number of nitrogens with zero attached hydrogens (tertiary/aromatic N) is 1. The molecule has 0 atom stereocenters. The van der Waals surface area contributed by atoms with Gasteiger partial charge in [-0.2, -0.15) is 0 Å². The summed E-state index contributed by atoms with van der Waals surface area (Å²) in [5, 5.41) is 0. The highest BCUT2D eigenvalue weighted by Gasteiger charge is 1.83. The number of halogens is 1. The molecule has 0 aliphatic carbocycles. The summed E-state index contributed by atoms with van der Waals surface area (Å²) in [6.07, 6.45) is 3.53. The van der Waals surface area contributed by atoms with Crippen molar-refractivity contribution in [1.82, 2.24) is 0 Å². The molecule has 0 saturated carbocycles. The second-order valence-electron chi connectivity index (χ2n) is 1.22. The molecule has 0 fully saturated rings. The quantitative estimate of drug-likeness (QED) is 0.473. The largest absolute Gasteiger partial charge is 0.267 e. The van der Waals surface area contributed by atoms with Gasteiger partial charge in [0.2, 0.25) is 0 Å². The lowest BCUT2D eigenvalue weighted by molar-refractivity contribution is -0.519. The first kappa shape index (κ1) is 4.60. The van der Waals surface area contributed by atoms with Gasteiger partial charge in [0, 0.05) is 12.1 Å².